The molecule has 1 aliphatic rings. The number of aromatic hydroxyl groups is 1. The topological polar surface area (TPSA) is 46.5 Å². The van der Waals surface area contributed by atoms with Crippen molar-refractivity contribution in [1.82, 2.24) is 0 Å². The normalized spacial score (nSPS) is 17.4. The lowest BCUT2D eigenvalue weighted by Gasteiger charge is -2.25. The van der Waals surface area contributed by atoms with Gasteiger partial charge in [-0.15, -0.1) is 0 Å². The van der Waals surface area contributed by atoms with Crippen molar-refractivity contribution in [3.05, 3.63) is 78.4 Å². The van der Waals surface area contributed by atoms with Gasteiger partial charge in [0.05, 0.1) is 5.30 Å². The Morgan fingerprint density at radius 3 is 2.16 bits per heavy atom. The minimum Gasteiger partial charge on any atom is -0.508 e. The summed E-state index contributed by atoms with van der Waals surface area (Å²) in [5, 5.41) is 9.67. The van der Waals surface area contributed by atoms with Crippen LogP contribution in [0, 0.1) is 0 Å². The second kappa shape index (κ2) is 7.16. The Bertz CT molecular complexity index is 916. The summed E-state index contributed by atoms with van der Waals surface area (Å²) in [5.74, 6) is 1.05. The van der Waals surface area contributed by atoms with Crippen molar-refractivity contribution in [2.75, 3.05) is 6.66 Å². The fourth-order valence-electron chi connectivity index (χ4n) is 2.79. The monoisotopic (exact) mass is 352 g/mol. The Labute approximate surface area is 148 Å². The zero-order valence-electron chi connectivity index (χ0n) is 14.3. The molecule has 1 aliphatic heterocycles. The molecule has 1 heterocycles. The minimum absolute atomic E-state index is 0.340. The van der Waals surface area contributed by atoms with E-state index in [9.17, 15) is 4.57 Å². The fourth-order valence-corrected chi connectivity index (χ4v) is 4.42. The van der Waals surface area contributed by atoms with Gasteiger partial charge in [-0.25, -0.2) is 0 Å². The molecule has 0 amide bonds. The summed E-state index contributed by atoms with van der Waals surface area (Å²) in [7, 11) is -2.71. The second-order valence-corrected chi connectivity index (χ2v) is 8.33. The van der Waals surface area contributed by atoms with Crippen LogP contribution in [-0.2, 0) is 11.0 Å². The van der Waals surface area contributed by atoms with Crippen LogP contribution in [0.3, 0.4) is 0 Å². The Kier molecular flexibility index (Phi) is 4.96. The molecule has 25 heavy (non-hydrogen) atoms. The lowest BCUT2D eigenvalue weighted by atomic mass is 10.0. The highest BCUT2D eigenvalue weighted by molar-refractivity contribution is 7.67. The number of para-hydroxylation sites is 1. The first kappa shape index (κ1) is 17.3. The zero-order valence-corrected chi connectivity index (χ0v) is 15.2. The molecule has 1 atom stereocenters. The van der Waals surface area contributed by atoms with Crippen molar-refractivity contribution >= 4 is 12.7 Å². The fraction of sp³-hybridized carbons (Fsp3) is 0.143. The van der Waals surface area contributed by atoms with Crippen molar-refractivity contribution in [3.8, 4) is 22.6 Å². The highest BCUT2D eigenvalue weighted by atomic mass is 31.2. The van der Waals surface area contributed by atoms with Crippen LogP contribution in [0.15, 0.2) is 72.8 Å². The molecule has 128 valence electrons. The van der Waals surface area contributed by atoms with E-state index < -0.39 is 7.37 Å². The van der Waals surface area contributed by atoms with Gasteiger partial charge in [0.15, 0.2) is 0 Å². The van der Waals surface area contributed by atoms with Gasteiger partial charge in [0, 0.05) is 12.2 Å². The van der Waals surface area contributed by atoms with Crippen LogP contribution in [0.25, 0.3) is 11.1 Å². The number of phenolic OH excluding ortho intramolecular Hbond substituents is 1. The summed E-state index contributed by atoms with van der Waals surface area (Å²) in [5.41, 5.74) is 3.30. The Morgan fingerprint density at radius 1 is 0.880 bits per heavy atom. The van der Waals surface area contributed by atoms with Gasteiger partial charge in [-0.05, 0) is 41.8 Å². The Morgan fingerprint density at radius 2 is 1.48 bits per heavy atom. The minimum atomic E-state index is -2.71. The molecule has 3 aromatic rings. The number of fused-ring (bicyclic) bond motifs is 3. The smallest absolute Gasteiger partial charge is 0.274 e. The average Bonchev–Trinajstić information content (AvgIpc) is 2.63. The number of phenols is 1. The number of hydrogen-bond acceptors (Lipinski definition) is 3. The predicted molar refractivity (Wildman–Crippen MR) is 103 cm³/mol. The molecule has 0 aromatic heterocycles. The molecule has 0 spiro atoms. The summed E-state index contributed by atoms with van der Waals surface area (Å²) in [4.78, 5) is 0. The van der Waals surface area contributed by atoms with Crippen molar-refractivity contribution in [3.63, 3.8) is 0 Å². The largest absolute Gasteiger partial charge is 0.508 e. The van der Waals surface area contributed by atoms with Crippen LogP contribution in [0.4, 0.5) is 0 Å². The Hall–Kier alpha value is -2.51. The van der Waals surface area contributed by atoms with Gasteiger partial charge in [-0.2, -0.15) is 0 Å². The van der Waals surface area contributed by atoms with Crippen molar-refractivity contribution in [2.24, 2.45) is 0 Å². The molecule has 0 saturated carbocycles. The maximum absolute atomic E-state index is 12.4. The third kappa shape index (κ3) is 3.78. The first-order valence-electron chi connectivity index (χ1n) is 8.25. The molecular weight excluding hydrogens is 331 g/mol. The molecule has 4 heteroatoms. The molecule has 3 aromatic carbocycles. The van der Waals surface area contributed by atoms with E-state index in [1.54, 1.807) is 18.8 Å². The maximum atomic E-state index is 12.4. The molecule has 0 fully saturated rings. The van der Waals surface area contributed by atoms with Gasteiger partial charge in [0.2, 0.25) is 0 Å². The number of aryl methyl sites for hydroxylation is 1. The summed E-state index contributed by atoms with van der Waals surface area (Å²) >= 11 is 0. The van der Waals surface area contributed by atoms with Crippen LogP contribution >= 0.6 is 7.37 Å². The predicted octanol–water partition coefficient (Wildman–Crippen LogP) is 5.23. The van der Waals surface area contributed by atoms with E-state index in [2.05, 4.69) is 6.92 Å². The van der Waals surface area contributed by atoms with E-state index in [0.717, 1.165) is 22.9 Å². The van der Waals surface area contributed by atoms with Crippen LogP contribution in [0.1, 0.15) is 12.5 Å². The van der Waals surface area contributed by atoms with E-state index in [4.69, 9.17) is 9.63 Å². The molecule has 0 radical (unpaired) electrons. The van der Waals surface area contributed by atoms with Gasteiger partial charge in [0.25, 0.3) is 7.37 Å². The standard InChI is InChI=1S/C13H11O2P.C8H10O/c1-16(14)13-9-5-3-7-11(13)10-6-2-4-8-12(10)15-16;1-2-7-3-5-8(9)6-4-7/h2-9H,1H3;3-6,9H,2H2,1H3. The third-order valence-corrected chi connectivity index (χ3v) is 5.95. The molecule has 1 N–H and O–H groups in total. The van der Waals surface area contributed by atoms with Gasteiger partial charge >= 0.3 is 0 Å². The second-order valence-electron chi connectivity index (χ2n) is 5.97. The number of rotatable bonds is 1. The Balaban J connectivity index is 0.000000173. The summed E-state index contributed by atoms with van der Waals surface area (Å²) in [6.07, 6.45) is 1.03. The maximum Gasteiger partial charge on any atom is 0.274 e. The number of hydrogen-bond donors (Lipinski definition) is 1. The summed E-state index contributed by atoms with van der Waals surface area (Å²) in [6.45, 7) is 3.76. The van der Waals surface area contributed by atoms with Gasteiger partial charge in [-0.3, -0.25) is 4.57 Å². The highest BCUT2D eigenvalue weighted by Gasteiger charge is 2.30. The lowest BCUT2D eigenvalue weighted by Crippen LogP contribution is -2.16. The molecule has 0 saturated heterocycles. The van der Waals surface area contributed by atoms with Gasteiger partial charge in [-0.1, -0.05) is 55.5 Å². The highest BCUT2D eigenvalue weighted by Crippen LogP contribution is 2.51. The van der Waals surface area contributed by atoms with Gasteiger partial charge in [0.1, 0.15) is 11.5 Å². The zero-order chi connectivity index (χ0) is 17.9. The van der Waals surface area contributed by atoms with Crippen molar-refractivity contribution in [1.29, 1.82) is 0 Å². The molecule has 1 unspecified atom stereocenters. The van der Waals surface area contributed by atoms with E-state index in [1.807, 2.05) is 60.7 Å². The van der Waals surface area contributed by atoms with E-state index in [1.165, 1.54) is 5.56 Å². The molecule has 0 aliphatic carbocycles. The van der Waals surface area contributed by atoms with Crippen molar-refractivity contribution in [2.45, 2.75) is 13.3 Å². The summed E-state index contributed by atoms with van der Waals surface area (Å²) in [6, 6.07) is 22.7. The van der Waals surface area contributed by atoms with E-state index in [-0.39, 0.29) is 0 Å². The molecule has 3 nitrogen and oxygen atoms in total. The summed E-state index contributed by atoms with van der Waals surface area (Å²) < 4.78 is 18.0. The molecular formula is C21H21O3P. The molecule has 4 rings (SSSR count). The lowest BCUT2D eigenvalue weighted by molar-refractivity contribution is 0.475. The quantitative estimate of drug-likeness (QED) is 0.610. The van der Waals surface area contributed by atoms with E-state index >= 15 is 0 Å². The average molecular weight is 352 g/mol. The van der Waals surface area contributed by atoms with Crippen LogP contribution in [0.2, 0.25) is 0 Å². The molecule has 0 bridgehead atoms. The first-order chi connectivity index (χ1) is 12.0. The van der Waals surface area contributed by atoms with Crippen molar-refractivity contribution < 1.29 is 14.2 Å². The SMILES string of the molecule is CCc1ccc(O)cc1.CP1(=O)Oc2ccccc2-c2ccccc21. The van der Waals surface area contributed by atoms with Crippen LogP contribution in [-0.4, -0.2) is 11.8 Å². The third-order valence-electron chi connectivity index (χ3n) is 4.14. The van der Waals surface area contributed by atoms with Crippen LogP contribution in [0.5, 0.6) is 11.5 Å². The number of benzene rings is 3. The van der Waals surface area contributed by atoms with Crippen LogP contribution < -0.4 is 9.83 Å². The van der Waals surface area contributed by atoms with Gasteiger partial charge < -0.3 is 9.63 Å². The van der Waals surface area contributed by atoms with E-state index in [0.29, 0.717) is 11.5 Å². The first-order valence-corrected chi connectivity index (χ1v) is 10.3.